The molecule has 0 aliphatic rings. The fraction of sp³-hybridized carbons (Fsp3) is 0.583. The summed E-state index contributed by atoms with van der Waals surface area (Å²) in [6.45, 7) is 5.13. The Labute approximate surface area is 101 Å². The second-order valence-electron chi connectivity index (χ2n) is 4.88. The van der Waals surface area contributed by atoms with E-state index in [1.54, 1.807) is 6.20 Å². The van der Waals surface area contributed by atoms with Crippen molar-refractivity contribution in [2.45, 2.75) is 26.7 Å². The van der Waals surface area contributed by atoms with E-state index in [1.165, 1.54) is 6.33 Å². The fourth-order valence-corrected chi connectivity index (χ4v) is 2.11. The summed E-state index contributed by atoms with van der Waals surface area (Å²) in [6.07, 6.45) is 5.27. The van der Waals surface area contributed by atoms with Gasteiger partial charge in [0.05, 0.1) is 6.20 Å². The molecule has 0 radical (unpaired) electrons. The molecule has 2 rings (SSSR count). The van der Waals surface area contributed by atoms with Gasteiger partial charge in [-0.3, -0.25) is 0 Å². The number of nitrogens with zero attached hydrogens (tertiary/aromatic N) is 3. The molecule has 2 aromatic rings. The average Bonchev–Trinajstić information content (AvgIpc) is 2.69. The van der Waals surface area contributed by atoms with E-state index in [-0.39, 0.29) is 0 Å². The van der Waals surface area contributed by atoms with Gasteiger partial charge in [0.1, 0.15) is 17.7 Å². The average molecular weight is 233 g/mol. The first-order valence-electron chi connectivity index (χ1n) is 6.03. The van der Waals surface area contributed by atoms with Crippen LogP contribution < -0.4 is 5.73 Å². The molecule has 0 aliphatic carbocycles. The van der Waals surface area contributed by atoms with Crippen LogP contribution in [-0.4, -0.2) is 26.5 Å². The third-order valence-electron chi connectivity index (χ3n) is 2.83. The minimum atomic E-state index is 0.475. The first-order valence-corrected chi connectivity index (χ1v) is 6.03. The van der Waals surface area contributed by atoms with E-state index < -0.39 is 0 Å². The zero-order valence-corrected chi connectivity index (χ0v) is 10.3. The minimum Gasteiger partial charge on any atom is -0.339 e. The smallest absolute Gasteiger partial charge is 0.180 e. The van der Waals surface area contributed by atoms with E-state index in [0.29, 0.717) is 18.4 Å². The van der Waals surface area contributed by atoms with Crippen LogP contribution in [-0.2, 0) is 6.42 Å². The topological polar surface area (TPSA) is 80.5 Å². The molecule has 1 atom stereocenters. The van der Waals surface area contributed by atoms with Crippen molar-refractivity contribution in [3.8, 4) is 0 Å². The Morgan fingerprint density at radius 2 is 2.24 bits per heavy atom. The Morgan fingerprint density at radius 1 is 1.41 bits per heavy atom. The van der Waals surface area contributed by atoms with Crippen LogP contribution in [0.15, 0.2) is 12.5 Å². The van der Waals surface area contributed by atoms with Crippen LogP contribution in [0.3, 0.4) is 0 Å². The summed E-state index contributed by atoms with van der Waals surface area (Å²) < 4.78 is 0. The van der Waals surface area contributed by atoms with Gasteiger partial charge in [-0.1, -0.05) is 13.8 Å². The van der Waals surface area contributed by atoms with E-state index in [9.17, 15) is 0 Å². The molecule has 5 nitrogen and oxygen atoms in total. The molecule has 0 aliphatic heterocycles. The molecule has 5 heteroatoms. The lowest BCUT2D eigenvalue weighted by atomic mass is 9.94. The third-order valence-corrected chi connectivity index (χ3v) is 2.83. The van der Waals surface area contributed by atoms with Crippen LogP contribution in [0, 0.1) is 11.8 Å². The van der Waals surface area contributed by atoms with Gasteiger partial charge in [-0.15, -0.1) is 0 Å². The Kier molecular flexibility index (Phi) is 3.68. The van der Waals surface area contributed by atoms with Crippen LogP contribution in [0.5, 0.6) is 0 Å². The number of aromatic amines is 1. The van der Waals surface area contributed by atoms with E-state index >= 15 is 0 Å². The Bertz CT molecular complexity index is 443. The molecule has 0 spiro atoms. The van der Waals surface area contributed by atoms with Crippen molar-refractivity contribution in [2.75, 3.05) is 6.54 Å². The number of hydrogen-bond donors (Lipinski definition) is 2. The van der Waals surface area contributed by atoms with Crippen molar-refractivity contribution in [2.24, 2.45) is 17.6 Å². The highest BCUT2D eigenvalue weighted by Gasteiger charge is 2.13. The monoisotopic (exact) mass is 233 g/mol. The Hall–Kier alpha value is -1.49. The number of H-pyrrole nitrogens is 1. The maximum atomic E-state index is 5.79. The first kappa shape index (κ1) is 12.0. The molecule has 0 amide bonds. The van der Waals surface area contributed by atoms with Gasteiger partial charge < -0.3 is 10.7 Å². The number of nitrogens with two attached hydrogens (primary N) is 1. The highest BCUT2D eigenvalue weighted by Crippen LogP contribution is 2.16. The summed E-state index contributed by atoms with van der Waals surface area (Å²) in [5.74, 6) is 2.09. The molecular weight excluding hydrogens is 214 g/mol. The molecule has 0 fully saturated rings. The van der Waals surface area contributed by atoms with Gasteiger partial charge >= 0.3 is 0 Å². The zero-order valence-electron chi connectivity index (χ0n) is 10.3. The summed E-state index contributed by atoms with van der Waals surface area (Å²) >= 11 is 0. The Balaban J connectivity index is 2.11. The molecule has 2 heterocycles. The van der Waals surface area contributed by atoms with Crippen LogP contribution in [0.25, 0.3) is 11.2 Å². The van der Waals surface area contributed by atoms with Crippen molar-refractivity contribution in [1.82, 2.24) is 19.9 Å². The first-order chi connectivity index (χ1) is 8.19. The quantitative estimate of drug-likeness (QED) is 0.820. The second kappa shape index (κ2) is 5.23. The fourth-order valence-electron chi connectivity index (χ4n) is 2.11. The van der Waals surface area contributed by atoms with Gasteiger partial charge in [-0.05, 0) is 24.8 Å². The summed E-state index contributed by atoms with van der Waals surface area (Å²) in [4.78, 5) is 15.8. The van der Waals surface area contributed by atoms with E-state index in [2.05, 4.69) is 33.8 Å². The van der Waals surface area contributed by atoms with Crippen LogP contribution in [0.4, 0.5) is 0 Å². The lowest BCUT2D eigenvalue weighted by Crippen LogP contribution is -2.19. The highest BCUT2D eigenvalue weighted by atomic mass is 15.0. The third kappa shape index (κ3) is 3.00. The maximum Gasteiger partial charge on any atom is 0.180 e. The normalized spacial score (nSPS) is 13.4. The largest absolute Gasteiger partial charge is 0.339 e. The SMILES string of the molecule is CC(C)CC(CN)Cc1nc2ncncc2[nH]1. The molecule has 2 aromatic heterocycles. The second-order valence-corrected chi connectivity index (χ2v) is 4.88. The minimum absolute atomic E-state index is 0.475. The lowest BCUT2D eigenvalue weighted by molar-refractivity contribution is 0.410. The number of nitrogens with one attached hydrogen (secondary N) is 1. The Morgan fingerprint density at radius 3 is 2.88 bits per heavy atom. The van der Waals surface area contributed by atoms with Crippen molar-refractivity contribution in [1.29, 1.82) is 0 Å². The standard InChI is InChI=1S/C12H19N5/c1-8(2)3-9(5-13)4-11-16-10-6-14-7-15-12(10)17-11/h6-9H,3-5,13H2,1-2H3,(H,14,15,16,17). The van der Waals surface area contributed by atoms with Gasteiger partial charge in [0.2, 0.25) is 0 Å². The van der Waals surface area contributed by atoms with Crippen molar-refractivity contribution in [3.63, 3.8) is 0 Å². The summed E-state index contributed by atoms with van der Waals surface area (Å²) in [7, 11) is 0. The van der Waals surface area contributed by atoms with Gasteiger partial charge in [-0.25, -0.2) is 15.0 Å². The number of fused-ring (bicyclic) bond motifs is 1. The molecule has 3 N–H and O–H groups in total. The number of rotatable bonds is 5. The number of imidazole rings is 1. The van der Waals surface area contributed by atoms with Crippen molar-refractivity contribution >= 4 is 11.2 Å². The summed E-state index contributed by atoms with van der Waals surface area (Å²) in [6, 6.07) is 0. The molecule has 0 saturated carbocycles. The van der Waals surface area contributed by atoms with Crippen molar-refractivity contribution < 1.29 is 0 Å². The number of aromatic nitrogens is 4. The lowest BCUT2D eigenvalue weighted by Gasteiger charge is -2.15. The van der Waals surface area contributed by atoms with Gasteiger partial charge in [0.25, 0.3) is 0 Å². The molecule has 1 unspecified atom stereocenters. The maximum absolute atomic E-state index is 5.79. The molecule has 0 bridgehead atoms. The molecular formula is C12H19N5. The highest BCUT2D eigenvalue weighted by molar-refractivity contribution is 5.68. The zero-order chi connectivity index (χ0) is 12.3. The molecule has 0 saturated heterocycles. The van der Waals surface area contributed by atoms with Crippen molar-refractivity contribution in [3.05, 3.63) is 18.3 Å². The van der Waals surface area contributed by atoms with Crippen LogP contribution in [0.1, 0.15) is 26.1 Å². The summed E-state index contributed by atoms with van der Waals surface area (Å²) in [5, 5.41) is 0. The van der Waals surface area contributed by atoms with Crippen LogP contribution >= 0.6 is 0 Å². The van der Waals surface area contributed by atoms with E-state index in [4.69, 9.17) is 5.73 Å². The molecule has 92 valence electrons. The van der Waals surface area contributed by atoms with Crippen LogP contribution in [0.2, 0.25) is 0 Å². The summed E-state index contributed by atoms with van der Waals surface area (Å²) in [5.41, 5.74) is 7.42. The van der Waals surface area contributed by atoms with E-state index in [0.717, 1.165) is 29.8 Å². The van der Waals surface area contributed by atoms with Gasteiger partial charge in [0, 0.05) is 6.42 Å². The van der Waals surface area contributed by atoms with Gasteiger partial charge in [-0.2, -0.15) is 0 Å². The predicted molar refractivity (Wildman–Crippen MR) is 67.4 cm³/mol. The molecule has 0 aromatic carbocycles. The van der Waals surface area contributed by atoms with E-state index in [1.807, 2.05) is 0 Å². The number of hydrogen-bond acceptors (Lipinski definition) is 4. The predicted octanol–water partition coefficient (Wildman–Crippen LogP) is 1.52. The van der Waals surface area contributed by atoms with Gasteiger partial charge in [0.15, 0.2) is 5.65 Å². The molecule has 17 heavy (non-hydrogen) atoms.